The fourth-order valence-electron chi connectivity index (χ4n) is 2.78. The number of pyridine rings is 1. The Bertz CT molecular complexity index is 401. The van der Waals surface area contributed by atoms with Crippen molar-refractivity contribution in [3.8, 4) is 0 Å². The van der Waals surface area contributed by atoms with Crippen molar-refractivity contribution < 1.29 is 9.84 Å². The summed E-state index contributed by atoms with van der Waals surface area (Å²) in [4.78, 5) is 4.04. The van der Waals surface area contributed by atoms with Crippen molar-refractivity contribution in [2.45, 2.75) is 44.3 Å². The molecule has 1 aliphatic rings. The highest BCUT2D eigenvalue weighted by Gasteiger charge is 2.42. The van der Waals surface area contributed by atoms with Crippen LogP contribution in [0.3, 0.4) is 0 Å². The molecule has 1 aromatic heterocycles. The molecule has 3 N–H and O–H groups in total. The van der Waals surface area contributed by atoms with Gasteiger partial charge in [-0.2, -0.15) is 0 Å². The highest BCUT2D eigenvalue weighted by atomic mass is 16.5. The lowest BCUT2D eigenvalue weighted by molar-refractivity contribution is -0.130. The Labute approximate surface area is 108 Å². The first-order valence-electron chi connectivity index (χ1n) is 6.52. The quantitative estimate of drug-likeness (QED) is 0.863. The molecule has 1 heterocycles. The molecule has 0 saturated heterocycles. The number of ether oxygens (including phenoxy) is 1. The van der Waals surface area contributed by atoms with Crippen LogP contribution in [0.15, 0.2) is 18.3 Å². The molecule has 100 valence electrons. The van der Waals surface area contributed by atoms with E-state index in [1.54, 1.807) is 19.4 Å². The molecule has 0 spiro atoms. The van der Waals surface area contributed by atoms with Gasteiger partial charge in [0.15, 0.2) is 0 Å². The van der Waals surface area contributed by atoms with E-state index >= 15 is 0 Å². The number of nitrogen functional groups attached to an aromatic ring is 1. The second-order valence-electron chi connectivity index (χ2n) is 5.33. The molecule has 1 saturated carbocycles. The van der Waals surface area contributed by atoms with Gasteiger partial charge in [-0.05, 0) is 37.7 Å². The Kier molecular flexibility index (Phi) is 3.88. The number of hydrogen-bond donors (Lipinski definition) is 2. The maximum absolute atomic E-state index is 10.6. The molecular weight excluding hydrogens is 228 g/mol. The number of hydrogen-bond acceptors (Lipinski definition) is 4. The average molecular weight is 250 g/mol. The summed E-state index contributed by atoms with van der Waals surface area (Å²) < 4.78 is 5.66. The van der Waals surface area contributed by atoms with Gasteiger partial charge in [0, 0.05) is 18.9 Å². The third-order valence-corrected chi connectivity index (χ3v) is 4.19. The molecule has 0 radical (unpaired) electrons. The Balaban J connectivity index is 2.25. The molecule has 4 nitrogen and oxygen atoms in total. The van der Waals surface area contributed by atoms with E-state index in [1.807, 2.05) is 6.07 Å². The number of nitrogens with zero attached hydrogens (tertiary/aromatic N) is 1. The molecule has 4 heteroatoms. The Morgan fingerprint density at radius 2 is 2.17 bits per heavy atom. The van der Waals surface area contributed by atoms with Crippen molar-refractivity contribution in [1.29, 1.82) is 0 Å². The molecule has 0 bridgehead atoms. The van der Waals surface area contributed by atoms with E-state index in [4.69, 9.17) is 10.5 Å². The lowest BCUT2D eigenvalue weighted by atomic mass is 9.74. The first-order chi connectivity index (χ1) is 8.59. The van der Waals surface area contributed by atoms with Crippen LogP contribution in [0.4, 0.5) is 5.82 Å². The summed E-state index contributed by atoms with van der Waals surface area (Å²) in [5, 5.41) is 10.6. The van der Waals surface area contributed by atoms with E-state index in [2.05, 4.69) is 11.9 Å². The van der Waals surface area contributed by atoms with Crippen molar-refractivity contribution in [1.82, 2.24) is 4.98 Å². The van der Waals surface area contributed by atoms with Crippen LogP contribution in [0.2, 0.25) is 0 Å². The minimum atomic E-state index is -0.705. The van der Waals surface area contributed by atoms with Crippen LogP contribution in [-0.4, -0.2) is 22.8 Å². The summed E-state index contributed by atoms with van der Waals surface area (Å²) in [6.07, 6.45) is 4.80. The molecule has 2 rings (SSSR count). The minimum Gasteiger partial charge on any atom is -0.385 e. The van der Waals surface area contributed by atoms with Crippen molar-refractivity contribution in [2.75, 3.05) is 12.8 Å². The van der Waals surface area contributed by atoms with Crippen molar-refractivity contribution in [3.05, 3.63) is 23.9 Å². The topological polar surface area (TPSA) is 68.4 Å². The summed E-state index contributed by atoms with van der Waals surface area (Å²) in [6.45, 7) is 2.24. The predicted molar refractivity (Wildman–Crippen MR) is 71.0 cm³/mol. The van der Waals surface area contributed by atoms with Gasteiger partial charge in [0.05, 0.1) is 5.60 Å². The number of rotatable bonds is 3. The molecule has 1 aliphatic carbocycles. The van der Waals surface area contributed by atoms with Gasteiger partial charge in [-0.3, -0.25) is 0 Å². The fourth-order valence-corrected chi connectivity index (χ4v) is 2.78. The van der Waals surface area contributed by atoms with Gasteiger partial charge in [-0.25, -0.2) is 4.98 Å². The second kappa shape index (κ2) is 5.24. The van der Waals surface area contributed by atoms with Crippen molar-refractivity contribution in [3.63, 3.8) is 0 Å². The van der Waals surface area contributed by atoms with Crippen LogP contribution in [0, 0.1) is 5.92 Å². The molecule has 1 fully saturated rings. The van der Waals surface area contributed by atoms with Gasteiger partial charge >= 0.3 is 0 Å². The van der Waals surface area contributed by atoms with Crippen LogP contribution in [0.5, 0.6) is 0 Å². The molecule has 0 aromatic carbocycles. The Morgan fingerprint density at radius 3 is 2.72 bits per heavy atom. The van der Waals surface area contributed by atoms with Gasteiger partial charge in [-0.15, -0.1) is 0 Å². The molecule has 1 atom stereocenters. The van der Waals surface area contributed by atoms with E-state index < -0.39 is 11.7 Å². The SMILES string of the molecule is COC1(C(O)c2cccnc2N)CCC(C)CC1. The third kappa shape index (κ3) is 2.35. The first-order valence-corrected chi connectivity index (χ1v) is 6.52. The molecule has 0 aliphatic heterocycles. The molecular formula is C14H22N2O2. The normalized spacial score (nSPS) is 30.1. The first kappa shape index (κ1) is 13.3. The lowest BCUT2D eigenvalue weighted by Crippen LogP contribution is -2.42. The zero-order chi connectivity index (χ0) is 13.2. The summed E-state index contributed by atoms with van der Waals surface area (Å²) in [6, 6.07) is 3.62. The highest BCUT2D eigenvalue weighted by molar-refractivity contribution is 5.41. The zero-order valence-corrected chi connectivity index (χ0v) is 11.1. The third-order valence-electron chi connectivity index (χ3n) is 4.19. The number of nitrogens with two attached hydrogens (primary N) is 1. The largest absolute Gasteiger partial charge is 0.385 e. The fraction of sp³-hybridized carbons (Fsp3) is 0.643. The second-order valence-corrected chi connectivity index (χ2v) is 5.33. The maximum Gasteiger partial charge on any atom is 0.129 e. The molecule has 0 amide bonds. The van der Waals surface area contributed by atoms with Crippen LogP contribution >= 0.6 is 0 Å². The van der Waals surface area contributed by atoms with E-state index in [-0.39, 0.29) is 0 Å². The standard InChI is InChI=1S/C14H22N2O2/c1-10-5-7-14(18-2,8-6-10)12(17)11-4-3-9-16-13(11)15/h3-4,9-10,12,17H,5-8H2,1-2H3,(H2,15,16). The van der Waals surface area contributed by atoms with Crippen molar-refractivity contribution >= 4 is 5.82 Å². The number of aliphatic hydroxyl groups excluding tert-OH is 1. The maximum atomic E-state index is 10.6. The Morgan fingerprint density at radius 1 is 1.50 bits per heavy atom. The van der Waals surface area contributed by atoms with Crippen molar-refractivity contribution in [2.24, 2.45) is 5.92 Å². The van der Waals surface area contributed by atoms with E-state index in [0.717, 1.165) is 25.7 Å². The summed E-state index contributed by atoms with van der Waals surface area (Å²) in [7, 11) is 1.67. The minimum absolute atomic E-state index is 0.389. The van der Waals surface area contributed by atoms with E-state index in [1.165, 1.54) is 0 Å². The van der Waals surface area contributed by atoms with Crippen LogP contribution in [-0.2, 0) is 4.74 Å². The molecule has 18 heavy (non-hydrogen) atoms. The van der Waals surface area contributed by atoms with Gasteiger partial charge in [0.2, 0.25) is 0 Å². The van der Waals surface area contributed by atoms with Crippen LogP contribution < -0.4 is 5.73 Å². The van der Waals surface area contributed by atoms with E-state index in [9.17, 15) is 5.11 Å². The lowest BCUT2D eigenvalue weighted by Gasteiger charge is -2.41. The Hall–Kier alpha value is -1.13. The van der Waals surface area contributed by atoms with Crippen LogP contribution in [0.1, 0.15) is 44.3 Å². The zero-order valence-electron chi connectivity index (χ0n) is 11.1. The van der Waals surface area contributed by atoms with Gasteiger partial charge in [0.1, 0.15) is 11.9 Å². The number of aromatic nitrogens is 1. The van der Waals surface area contributed by atoms with Gasteiger partial charge in [-0.1, -0.05) is 13.0 Å². The molecule has 1 unspecified atom stereocenters. The predicted octanol–water partition coefficient (Wildman–Crippen LogP) is 2.29. The number of aliphatic hydroxyl groups is 1. The summed E-state index contributed by atoms with van der Waals surface area (Å²) >= 11 is 0. The average Bonchev–Trinajstić information content (AvgIpc) is 2.40. The number of anilines is 1. The smallest absolute Gasteiger partial charge is 0.129 e. The molecule has 1 aromatic rings. The summed E-state index contributed by atoms with van der Waals surface area (Å²) in [5.41, 5.74) is 6.01. The van der Waals surface area contributed by atoms with Gasteiger partial charge < -0.3 is 15.6 Å². The van der Waals surface area contributed by atoms with Crippen LogP contribution in [0.25, 0.3) is 0 Å². The van der Waals surface area contributed by atoms with Gasteiger partial charge in [0.25, 0.3) is 0 Å². The number of methoxy groups -OCH3 is 1. The monoisotopic (exact) mass is 250 g/mol. The summed E-state index contributed by atoms with van der Waals surface area (Å²) in [5.74, 6) is 1.09. The van der Waals surface area contributed by atoms with E-state index in [0.29, 0.717) is 17.3 Å². The highest BCUT2D eigenvalue weighted by Crippen LogP contribution is 2.43.